The van der Waals surface area contributed by atoms with E-state index in [0.717, 1.165) is 23.4 Å². The summed E-state index contributed by atoms with van der Waals surface area (Å²) in [6, 6.07) is 7.26. The number of nitrogens with one attached hydrogen (secondary N) is 1. The van der Waals surface area contributed by atoms with Gasteiger partial charge in [-0.25, -0.2) is 4.39 Å². The number of benzene rings is 1. The lowest BCUT2D eigenvalue weighted by Gasteiger charge is -2.16. The van der Waals surface area contributed by atoms with Crippen molar-refractivity contribution < 1.29 is 14.3 Å². The van der Waals surface area contributed by atoms with Gasteiger partial charge in [0.25, 0.3) is 0 Å². The molecule has 7 heteroatoms. The zero-order valence-electron chi connectivity index (χ0n) is 13.8. The van der Waals surface area contributed by atoms with Gasteiger partial charge in [0.2, 0.25) is 5.91 Å². The van der Waals surface area contributed by atoms with Crippen LogP contribution in [0.1, 0.15) is 16.8 Å². The molecule has 1 heterocycles. The molecule has 25 heavy (non-hydrogen) atoms. The highest BCUT2D eigenvalue weighted by Gasteiger charge is 2.25. The molecule has 1 aromatic carbocycles. The summed E-state index contributed by atoms with van der Waals surface area (Å²) in [7, 11) is 1.61. The number of amides is 1. The van der Waals surface area contributed by atoms with E-state index in [1.54, 1.807) is 19.3 Å². The third-order valence-corrected chi connectivity index (χ3v) is 4.66. The van der Waals surface area contributed by atoms with Crippen molar-refractivity contribution in [2.24, 2.45) is 0 Å². The van der Waals surface area contributed by atoms with Gasteiger partial charge >= 0.3 is 0 Å². The van der Waals surface area contributed by atoms with Crippen LogP contribution >= 0.6 is 11.6 Å². The van der Waals surface area contributed by atoms with Crippen LogP contribution in [0.2, 0.25) is 5.02 Å². The summed E-state index contributed by atoms with van der Waals surface area (Å²) in [4.78, 5) is 17.1. The molecule has 0 aliphatic heterocycles. The van der Waals surface area contributed by atoms with E-state index in [9.17, 15) is 9.18 Å². The fourth-order valence-electron chi connectivity index (χ4n) is 3.02. The fraction of sp³-hybridized carbons (Fsp3) is 0.333. The predicted octanol–water partition coefficient (Wildman–Crippen LogP) is 2.40. The zero-order valence-corrected chi connectivity index (χ0v) is 14.6. The highest BCUT2D eigenvalue weighted by Crippen LogP contribution is 2.30. The quantitative estimate of drug-likeness (QED) is 0.856. The summed E-state index contributed by atoms with van der Waals surface area (Å²) in [6.07, 6.45) is 3.01. The Kier molecular flexibility index (Phi) is 5.20. The molecule has 1 amide bonds. The second-order valence-electron chi connectivity index (χ2n) is 6.19. The molecule has 0 saturated heterocycles. The first-order chi connectivity index (χ1) is 12.0. The minimum absolute atomic E-state index is 0.0919. The van der Waals surface area contributed by atoms with Crippen LogP contribution in [0.5, 0.6) is 0 Å². The topological polar surface area (TPSA) is 65.5 Å². The van der Waals surface area contributed by atoms with Gasteiger partial charge in [0.1, 0.15) is 12.4 Å². The van der Waals surface area contributed by atoms with E-state index in [0.29, 0.717) is 18.5 Å². The maximum atomic E-state index is 14.1. The Morgan fingerprint density at radius 1 is 1.40 bits per heavy atom. The lowest BCUT2D eigenvalue weighted by Crippen LogP contribution is -2.29. The first kappa shape index (κ1) is 17.6. The van der Waals surface area contributed by atoms with Crippen LogP contribution < -0.4 is 5.32 Å². The number of nitrogens with zero attached hydrogens (tertiary/aromatic N) is 2. The molecule has 2 aromatic rings. The summed E-state index contributed by atoms with van der Waals surface area (Å²) in [5, 5.41) is 12.4. The second kappa shape index (κ2) is 7.37. The summed E-state index contributed by atoms with van der Waals surface area (Å²) >= 11 is 5.84. The molecular weight excluding hydrogens is 345 g/mol. The van der Waals surface area contributed by atoms with E-state index < -0.39 is 6.61 Å². The Hall–Kier alpha value is -2.18. The number of rotatable bonds is 5. The Bertz CT molecular complexity index is 783. The summed E-state index contributed by atoms with van der Waals surface area (Å²) in [6.45, 7) is -0.183. The van der Waals surface area contributed by atoms with Crippen molar-refractivity contribution in [2.45, 2.75) is 25.4 Å². The number of anilines is 1. The van der Waals surface area contributed by atoms with Crippen molar-refractivity contribution in [1.29, 1.82) is 0 Å². The molecule has 1 unspecified atom stereocenters. The second-order valence-corrected chi connectivity index (χ2v) is 6.60. The van der Waals surface area contributed by atoms with Crippen molar-refractivity contribution >= 4 is 23.2 Å². The fourth-order valence-corrected chi connectivity index (χ4v) is 3.20. The van der Waals surface area contributed by atoms with Gasteiger partial charge < -0.3 is 15.3 Å². The zero-order chi connectivity index (χ0) is 18.0. The molecule has 1 atom stereocenters. The number of hydrogen-bond acceptors (Lipinski definition) is 4. The van der Waals surface area contributed by atoms with Gasteiger partial charge in [0.15, 0.2) is 0 Å². The van der Waals surface area contributed by atoms with Crippen molar-refractivity contribution in [3.63, 3.8) is 0 Å². The van der Waals surface area contributed by atoms with Crippen molar-refractivity contribution in [1.82, 2.24) is 9.88 Å². The van der Waals surface area contributed by atoms with Crippen LogP contribution in [0, 0.1) is 5.82 Å². The summed E-state index contributed by atoms with van der Waals surface area (Å²) in [5.74, 6) is -0.679. The normalized spacial score (nSPS) is 15.8. The molecule has 5 nitrogen and oxygen atoms in total. The first-order valence-electron chi connectivity index (χ1n) is 8.00. The number of aliphatic hydroxyl groups excluding tert-OH is 1. The van der Waals surface area contributed by atoms with Crippen LogP contribution in [0.15, 0.2) is 30.5 Å². The van der Waals surface area contributed by atoms with Gasteiger partial charge in [0, 0.05) is 13.1 Å². The minimum atomic E-state index is -0.515. The molecule has 0 radical (unpaired) electrons. The number of aliphatic hydroxyl groups is 1. The molecule has 0 saturated carbocycles. The third kappa shape index (κ3) is 3.91. The first-order valence-corrected chi connectivity index (χ1v) is 8.37. The maximum Gasteiger partial charge on any atom is 0.248 e. The highest BCUT2D eigenvalue weighted by atomic mass is 35.5. The number of fused-ring (bicyclic) bond motifs is 1. The van der Waals surface area contributed by atoms with E-state index >= 15 is 0 Å². The summed E-state index contributed by atoms with van der Waals surface area (Å²) < 4.78 is 14.1. The van der Waals surface area contributed by atoms with E-state index in [-0.39, 0.29) is 22.8 Å². The predicted molar refractivity (Wildman–Crippen MR) is 94.0 cm³/mol. The number of likely N-dealkylation sites (N-methyl/N-ethyl adjacent to an activating group) is 1. The molecule has 3 rings (SSSR count). The molecule has 132 valence electrons. The van der Waals surface area contributed by atoms with E-state index in [2.05, 4.69) is 10.3 Å². The standard InChI is InChI=1S/C18H19ClFN3O2/c1-23(17(25)10-24)9-13-4-3-12(8-21-13)22-14-6-11-2-5-16(19)18(20)15(11)7-14/h2-5,8,14,22,24H,6-7,9-10H2,1H3. The molecule has 1 aliphatic carbocycles. The molecule has 1 aliphatic rings. The monoisotopic (exact) mass is 363 g/mol. The Morgan fingerprint density at radius 2 is 2.20 bits per heavy atom. The van der Waals surface area contributed by atoms with Crippen LogP contribution in [-0.4, -0.2) is 40.6 Å². The Morgan fingerprint density at radius 3 is 2.88 bits per heavy atom. The van der Waals surface area contributed by atoms with Gasteiger partial charge in [-0.1, -0.05) is 17.7 Å². The van der Waals surface area contributed by atoms with E-state index in [1.807, 2.05) is 18.2 Å². The van der Waals surface area contributed by atoms with Crippen LogP contribution in [0.3, 0.4) is 0 Å². The van der Waals surface area contributed by atoms with E-state index in [4.69, 9.17) is 16.7 Å². The SMILES string of the molecule is CN(Cc1ccc(NC2Cc3ccc(Cl)c(F)c3C2)cn1)C(=O)CO. The Labute approximate surface area is 150 Å². The molecular formula is C18H19ClFN3O2. The van der Waals surface area contributed by atoms with Gasteiger partial charge in [0.05, 0.1) is 29.1 Å². The summed E-state index contributed by atoms with van der Waals surface area (Å²) in [5.41, 5.74) is 3.22. The number of hydrogen-bond donors (Lipinski definition) is 2. The smallest absolute Gasteiger partial charge is 0.248 e. The Balaban J connectivity index is 1.61. The van der Waals surface area contributed by atoms with Gasteiger partial charge in [-0.3, -0.25) is 9.78 Å². The number of carbonyl (C=O) groups excluding carboxylic acids is 1. The molecule has 2 N–H and O–H groups in total. The largest absolute Gasteiger partial charge is 0.387 e. The van der Waals surface area contributed by atoms with Crippen LogP contribution in [-0.2, 0) is 24.2 Å². The van der Waals surface area contributed by atoms with Crippen molar-refractivity contribution in [2.75, 3.05) is 19.0 Å². The molecule has 0 bridgehead atoms. The number of carbonyl (C=O) groups is 1. The van der Waals surface area contributed by atoms with Crippen molar-refractivity contribution in [3.05, 3.63) is 58.1 Å². The number of aromatic nitrogens is 1. The minimum Gasteiger partial charge on any atom is -0.387 e. The number of halogens is 2. The van der Waals surface area contributed by atoms with Gasteiger partial charge in [-0.05, 0) is 42.2 Å². The molecule has 1 aromatic heterocycles. The number of pyridine rings is 1. The average Bonchev–Trinajstić information content (AvgIpc) is 3.02. The van der Waals surface area contributed by atoms with Gasteiger partial charge in [-0.2, -0.15) is 0 Å². The van der Waals surface area contributed by atoms with Gasteiger partial charge in [-0.15, -0.1) is 0 Å². The third-order valence-electron chi connectivity index (χ3n) is 4.37. The maximum absolute atomic E-state index is 14.1. The average molecular weight is 364 g/mol. The molecule has 0 spiro atoms. The highest BCUT2D eigenvalue weighted by molar-refractivity contribution is 6.30. The van der Waals surface area contributed by atoms with Crippen LogP contribution in [0.4, 0.5) is 10.1 Å². The van der Waals surface area contributed by atoms with Crippen LogP contribution in [0.25, 0.3) is 0 Å². The van der Waals surface area contributed by atoms with Crippen molar-refractivity contribution in [3.8, 4) is 0 Å². The van der Waals surface area contributed by atoms with E-state index in [1.165, 1.54) is 4.90 Å². The molecule has 0 fully saturated rings. The lowest BCUT2D eigenvalue weighted by molar-refractivity contribution is -0.133. The lowest BCUT2D eigenvalue weighted by atomic mass is 10.1.